The fourth-order valence-corrected chi connectivity index (χ4v) is 2.07. The van der Waals surface area contributed by atoms with E-state index >= 15 is 0 Å². The summed E-state index contributed by atoms with van der Waals surface area (Å²) in [5.74, 6) is 0.00539. The van der Waals surface area contributed by atoms with E-state index < -0.39 is 0 Å². The minimum absolute atomic E-state index is 0.149. The summed E-state index contributed by atoms with van der Waals surface area (Å²) in [6, 6.07) is 14.2. The number of aromatic hydroxyl groups is 1. The van der Waals surface area contributed by atoms with E-state index in [0.717, 1.165) is 10.9 Å². The van der Waals surface area contributed by atoms with Crippen molar-refractivity contribution in [3.05, 3.63) is 65.2 Å². The van der Waals surface area contributed by atoms with E-state index in [9.17, 15) is 4.79 Å². The summed E-state index contributed by atoms with van der Waals surface area (Å²) in [5.41, 5.74) is 2.77. The lowest BCUT2D eigenvalue weighted by molar-refractivity contribution is 0.0951. The average Bonchev–Trinajstić information content (AvgIpc) is 2.46. The predicted molar refractivity (Wildman–Crippen MR) is 78.4 cm³/mol. The monoisotopic (exact) mass is 319 g/mol. The summed E-state index contributed by atoms with van der Waals surface area (Å²) in [6.45, 7) is 0.487. The molecule has 2 rings (SSSR count). The maximum Gasteiger partial charge on any atom is 0.251 e. The Kier molecular flexibility index (Phi) is 4.58. The van der Waals surface area contributed by atoms with Gasteiger partial charge in [0, 0.05) is 17.4 Å². The van der Waals surface area contributed by atoms with Crippen LogP contribution in [0.1, 0.15) is 21.5 Å². The third kappa shape index (κ3) is 3.83. The van der Waals surface area contributed by atoms with Gasteiger partial charge < -0.3 is 10.4 Å². The zero-order valence-corrected chi connectivity index (χ0v) is 11.9. The molecule has 0 heterocycles. The maximum atomic E-state index is 11.9. The molecule has 2 N–H and O–H groups in total. The largest absolute Gasteiger partial charge is 0.508 e. The fourth-order valence-electron chi connectivity index (χ4n) is 1.72. The van der Waals surface area contributed by atoms with Crippen LogP contribution in [-0.2, 0) is 11.9 Å². The molecule has 0 aliphatic heterocycles. The molecule has 3 nitrogen and oxygen atoms in total. The summed E-state index contributed by atoms with van der Waals surface area (Å²) in [7, 11) is 0. The van der Waals surface area contributed by atoms with E-state index in [4.69, 9.17) is 5.11 Å². The van der Waals surface area contributed by atoms with Crippen LogP contribution in [0, 0.1) is 0 Å². The Labute approximate surface area is 120 Å². The van der Waals surface area contributed by atoms with Gasteiger partial charge in [-0.2, -0.15) is 0 Å². The molecule has 2 aromatic carbocycles. The Morgan fingerprint density at radius 1 is 1.11 bits per heavy atom. The molecule has 0 spiro atoms. The molecule has 1 amide bonds. The highest BCUT2D eigenvalue weighted by molar-refractivity contribution is 9.08. The highest BCUT2D eigenvalue weighted by atomic mass is 79.9. The zero-order valence-electron chi connectivity index (χ0n) is 10.3. The van der Waals surface area contributed by atoms with Crippen LogP contribution in [0.3, 0.4) is 0 Å². The number of carbonyl (C=O) groups is 1. The first-order valence-corrected chi connectivity index (χ1v) is 7.02. The van der Waals surface area contributed by atoms with Gasteiger partial charge in [-0.05, 0) is 35.4 Å². The highest BCUT2D eigenvalue weighted by Crippen LogP contribution is 2.11. The Balaban J connectivity index is 1.98. The molecule has 0 fully saturated rings. The van der Waals surface area contributed by atoms with Crippen LogP contribution in [0.15, 0.2) is 48.5 Å². The normalized spacial score (nSPS) is 10.2. The zero-order chi connectivity index (χ0) is 13.7. The van der Waals surface area contributed by atoms with Gasteiger partial charge in [-0.25, -0.2) is 0 Å². The molecule has 98 valence electrons. The third-order valence-corrected chi connectivity index (χ3v) is 3.38. The molecule has 0 aliphatic rings. The number of carbonyl (C=O) groups excluding carboxylic acids is 1. The molecule has 0 bridgehead atoms. The lowest BCUT2D eigenvalue weighted by atomic mass is 10.1. The summed E-state index contributed by atoms with van der Waals surface area (Å²) in [4.78, 5) is 11.9. The second-order valence-corrected chi connectivity index (χ2v) is 4.74. The van der Waals surface area contributed by atoms with Crippen molar-refractivity contribution in [1.29, 1.82) is 0 Å². The predicted octanol–water partition coefficient (Wildman–Crippen LogP) is 3.22. The van der Waals surface area contributed by atoms with Crippen LogP contribution in [0.5, 0.6) is 5.75 Å². The van der Waals surface area contributed by atoms with E-state index in [1.54, 1.807) is 12.1 Å². The molecule has 2 aromatic rings. The molecular formula is C15H14BrNO2. The van der Waals surface area contributed by atoms with Crippen molar-refractivity contribution in [2.45, 2.75) is 11.9 Å². The molecule has 0 unspecified atom stereocenters. The van der Waals surface area contributed by atoms with E-state index in [2.05, 4.69) is 21.2 Å². The Bertz CT molecular complexity index is 567. The summed E-state index contributed by atoms with van der Waals surface area (Å²) in [6.07, 6.45) is 0. The van der Waals surface area contributed by atoms with Gasteiger partial charge in [0.15, 0.2) is 0 Å². The van der Waals surface area contributed by atoms with E-state index in [0.29, 0.717) is 12.1 Å². The third-order valence-electron chi connectivity index (χ3n) is 2.73. The molecule has 0 aliphatic carbocycles. The standard InChI is InChI=1S/C15H14BrNO2/c16-9-11-2-1-3-12(8-11)10-17-15(19)13-4-6-14(18)7-5-13/h1-8,18H,9-10H2,(H,17,19). The Morgan fingerprint density at radius 3 is 2.47 bits per heavy atom. The number of hydrogen-bond donors (Lipinski definition) is 2. The molecule has 0 saturated heterocycles. The average molecular weight is 320 g/mol. The minimum Gasteiger partial charge on any atom is -0.508 e. The van der Waals surface area contributed by atoms with Crippen molar-refractivity contribution in [3.63, 3.8) is 0 Å². The number of hydrogen-bond acceptors (Lipinski definition) is 2. The topological polar surface area (TPSA) is 49.3 Å². The van der Waals surface area contributed by atoms with Gasteiger partial charge in [-0.3, -0.25) is 4.79 Å². The van der Waals surface area contributed by atoms with Gasteiger partial charge in [-0.15, -0.1) is 0 Å². The van der Waals surface area contributed by atoms with Gasteiger partial charge in [-0.1, -0.05) is 40.2 Å². The summed E-state index contributed by atoms with van der Waals surface area (Å²) >= 11 is 3.40. The molecule has 0 atom stereocenters. The van der Waals surface area contributed by atoms with Crippen LogP contribution >= 0.6 is 15.9 Å². The lowest BCUT2D eigenvalue weighted by Crippen LogP contribution is -2.22. The van der Waals surface area contributed by atoms with Crippen molar-refractivity contribution in [2.24, 2.45) is 0 Å². The molecular weight excluding hydrogens is 306 g/mol. The molecule has 4 heteroatoms. The van der Waals surface area contributed by atoms with Crippen molar-refractivity contribution in [3.8, 4) is 5.75 Å². The van der Waals surface area contributed by atoms with Crippen LogP contribution in [0.4, 0.5) is 0 Å². The van der Waals surface area contributed by atoms with E-state index in [1.165, 1.54) is 17.7 Å². The summed E-state index contributed by atoms with van der Waals surface area (Å²) < 4.78 is 0. The van der Waals surface area contributed by atoms with Crippen molar-refractivity contribution < 1.29 is 9.90 Å². The van der Waals surface area contributed by atoms with Crippen LogP contribution in [0.25, 0.3) is 0 Å². The number of phenolic OH excluding ortho intramolecular Hbond substituents is 1. The van der Waals surface area contributed by atoms with Crippen molar-refractivity contribution >= 4 is 21.8 Å². The number of amides is 1. The molecule has 0 radical (unpaired) electrons. The summed E-state index contributed by atoms with van der Waals surface area (Å²) in [5, 5.41) is 12.8. The van der Waals surface area contributed by atoms with Crippen molar-refractivity contribution in [1.82, 2.24) is 5.32 Å². The van der Waals surface area contributed by atoms with Gasteiger partial charge in [0.1, 0.15) is 5.75 Å². The highest BCUT2D eigenvalue weighted by Gasteiger charge is 2.05. The Morgan fingerprint density at radius 2 is 1.79 bits per heavy atom. The Hall–Kier alpha value is -1.81. The molecule has 0 aromatic heterocycles. The molecule has 19 heavy (non-hydrogen) atoms. The fraction of sp³-hybridized carbons (Fsp3) is 0.133. The molecule has 0 saturated carbocycles. The number of nitrogens with one attached hydrogen (secondary N) is 1. The van der Waals surface area contributed by atoms with Gasteiger partial charge >= 0.3 is 0 Å². The quantitative estimate of drug-likeness (QED) is 0.850. The number of benzene rings is 2. The van der Waals surface area contributed by atoms with Gasteiger partial charge in [0.2, 0.25) is 0 Å². The van der Waals surface area contributed by atoms with Gasteiger partial charge in [0.05, 0.1) is 0 Å². The maximum absolute atomic E-state index is 11.9. The number of alkyl halides is 1. The lowest BCUT2D eigenvalue weighted by Gasteiger charge is -2.06. The van der Waals surface area contributed by atoms with Crippen LogP contribution < -0.4 is 5.32 Å². The second kappa shape index (κ2) is 6.38. The van der Waals surface area contributed by atoms with Crippen LogP contribution in [0.2, 0.25) is 0 Å². The first-order valence-electron chi connectivity index (χ1n) is 5.90. The van der Waals surface area contributed by atoms with E-state index in [-0.39, 0.29) is 11.7 Å². The smallest absolute Gasteiger partial charge is 0.251 e. The second-order valence-electron chi connectivity index (χ2n) is 4.18. The SMILES string of the molecule is O=C(NCc1cccc(CBr)c1)c1ccc(O)cc1. The minimum atomic E-state index is -0.149. The van der Waals surface area contributed by atoms with Gasteiger partial charge in [0.25, 0.3) is 5.91 Å². The van der Waals surface area contributed by atoms with Crippen LogP contribution in [-0.4, -0.2) is 11.0 Å². The first kappa shape index (κ1) is 13.6. The number of phenols is 1. The van der Waals surface area contributed by atoms with Crippen molar-refractivity contribution in [2.75, 3.05) is 0 Å². The first-order chi connectivity index (χ1) is 9.19. The number of rotatable bonds is 4. The van der Waals surface area contributed by atoms with E-state index in [1.807, 2.05) is 24.3 Å². The number of halogens is 1.